The lowest BCUT2D eigenvalue weighted by Crippen LogP contribution is -2.02. The van der Waals surface area contributed by atoms with E-state index in [9.17, 15) is 4.39 Å². The predicted octanol–water partition coefficient (Wildman–Crippen LogP) is 4.36. The number of hydrogen-bond acceptors (Lipinski definition) is 5. The maximum atomic E-state index is 13.9. The van der Waals surface area contributed by atoms with Crippen LogP contribution in [0.25, 0.3) is 10.3 Å². The molecule has 0 aliphatic heterocycles. The summed E-state index contributed by atoms with van der Waals surface area (Å²) in [7, 11) is 0. The van der Waals surface area contributed by atoms with Crippen LogP contribution in [-0.2, 0) is 19.3 Å². The highest BCUT2D eigenvalue weighted by molar-refractivity contribution is 7.18. The monoisotopic (exact) mass is 364 g/mol. The van der Waals surface area contributed by atoms with Crippen molar-refractivity contribution in [2.45, 2.75) is 26.2 Å². The van der Waals surface area contributed by atoms with Gasteiger partial charge in [-0.15, -0.1) is 0 Å². The molecule has 0 bridgehead atoms. The van der Waals surface area contributed by atoms with Crippen LogP contribution in [0.4, 0.5) is 4.39 Å². The summed E-state index contributed by atoms with van der Waals surface area (Å²) in [5, 5.41) is 0.879. The summed E-state index contributed by atoms with van der Waals surface area (Å²) in [5.41, 5.74) is 4.32. The van der Waals surface area contributed by atoms with Crippen molar-refractivity contribution in [3.05, 3.63) is 82.3 Å². The molecule has 0 spiro atoms. The van der Waals surface area contributed by atoms with Crippen LogP contribution < -0.4 is 0 Å². The second-order valence-corrected chi connectivity index (χ2v) is 7.11. The number of pyridine rings is 1. The van der Waals surface area contributed by atoms with Crippen molar-refractivity contribution in [1.29, 1.82) is 0 Å². The van der Waals surface area contributed by atoms with Gasteiger partial charge in [-0.3, -0.25) is 0 Å². The van der Waals surface area contributed by atoms with Crippen LogP contribution in [0, 0.1) is 6.08 Å². The Morgan fingerprint density at radius 1 is 0.846 bits per heavy atom. The highest BCUT2D eigenvalue weighted by atomic mass is 32.1. The van der Waals surface area contributed by atoms with Crippen LogP contribution in [0.3, 0.4) is 0 Å². The third-order valence-electron chi connectivity index (χ3n) is 4.09. The maximum absolute atomic E-state index is 13.9. The molecule has 26 heavy (non-hydrogen) atoms. The van der Waals surface area contributed by atoms with Crippen molar-refractivity contribution < 1.29 is 4.39 Å². The zero-order chi connectivity index (χ0) is 17.9. The zero-order valence-electron chi connectivity index (χ0n) is 14.3. The smallest absolute Gasteiger partial charge is 0.240 e. The van der Waals surface area contributed by atoms with E-state index >= 15 is 0 Å². The van der Waals surface area contributed by atoms with Crippen LogP contribution in [0.2, 0.25) is 0 Å². The van der Waals surface area contributed by atoms with Gasteiger partial charge in [0.2, 0.25) is 0 Å². The Labute approximate surface area is 154 Å². The molecule has 0 aliphatic rings. The first-order chi connectivity index (χ1) is 12.7. The molecule has 0 aliphatic carbocycles. The molecule has 4 nitrogen and oxygen atoms in total. The lowest BCUT2D eigenvalue weighted by molar-refractivity contribution is 0.527. The molecule has 0 N–H and O–H groups in total. The predicted molar refractivity (Wildman–Crippen MR) is 101 cm³/mol. The van der Waals surface area contributed by atoms with Gasteiger partial charge >= 0.3 is 6.08 Å². The summed E-state index contributed by atoms with van der Waals surface area (Å²) in [6.45, 7) is 2.08. The second kappa shape index (κ2) is 7.25. The van der Waals surface area contributed by atoms with Crippen molar-refractivity contribution in [3.8, 4) is 0 Å². The molecular weight excluding hydrogens is 347 g/mol. The van der Waals surface area contributed by atoms with Gasteiger partial charge < -0.3 is 0 Å². The molecule has 4 rings (SSSR count). The normalized spacial score (nSPS) is 11.2. The number of aryl methyl sites for hydroxylation is 1. The summed E-state index contributed by atoms with van der Waals surface area (Å²) < 4.78 is 13.9. The van der Waals surface area contributed by atoms with E-state index in [1.807, 2.05) is 48.5 Å². The van der Waals surface area contributed by atoms with Crippen molar-refractivity contribution in [3.63, 3.8) is 0 Å². The Morgan fingerprint density at radius 2 is 1.62 bits per heavy atom. The molecule has 0 amide bonds. The van der Waals surface area contributed by atoms with Crippen molar-refractivity contribution >= 4 is 21.7 Å². The first-order valence-electron chi connectivity index (χ1n) is 8.51. The molecule has 130 valence electrons. The van der Waals surface area contributed by atoms with Crippen molar-refractivity contribution in [1.82, 2.24) is 19.9 Å². The molecule has 0 unspecified atom stereocenters. The molecule has 0 saturated heterocycles. The lowest BCUT2D eigenvalue weighted by atomic mass is 10.1. The zero-order valence-corrected chi connectivity index (χ0v) is 15.1. The Balaban J connectivity index is 1.59. The third kappa shape index (κ3) is 3.75. The Morgan fingerprint density at radius 3 is 2.38 bits per heavy atom. The van der Waals surface area contributed by atoms with E-state index in [0.29, 0.717) is 24.2 Å². The van der Waals surface area contributed by atoms with Gasteiger partial charge in [0, 0.05) is 18.5 Å². The summed E-state index contributed by atoms with van der Waals surface area (Å²) in [6.07, 6.45) is 1.25. The SMILES string of the molecule is CCc1ccc2nc(Cc3cc(Cc4ccccc4)nc(F)n3)sc2n1. The van der Waals surface area contributed by atoms with Crippen molar-refractivity contribution in [2.24, 2.45) is 0 Å². The summed E-state index contributed by atoms with van der Waals surface area (Å²) in [6, 6.07) is 15.7. The fraction of sp³-hybridized carbons (Fsp3) is 0.200. The van der Waals surface area contributed by atoms with Gasteiger partial charge in [0.25, 0.3) is 0 Å². The van der Waals surface area contributed by atoms with Crippen LogP contribution >= 0.6 is 11.3 Å². The van der Waals surface area contributed by atoms with Gasteiger partial charge in [-0.1, -0.05) is 48.6 Å². The van der Waals surface area contributed by atoms with Crippen LogP contribution in [0.15, 0.2) is 48.5 Å². The van der Waals surface area contributed by atoms with Crippen molar-refractivity contribution in [2.75, 3.05) is 0 Å². The average molecular weight is 364 g/mol. The van der Waals surface area contributed by atoms with Crippen LogP contribution in [0.5, 0.6) is 0 Å². The Bertz CT molecular complexity index is 1050. The molecule has 3 heterocycles. The number of halogens is 1. The molecule has 0 saturated carbocycles. The minimum Gasteiger partial charge on any atom is -0.240 e. The largest absolute Gasteiger partial charge is 0.309 e. The summed E-state index contributed by atoms with van der Waals surface area (Å²) in [5.74, 6) is 0. The van der Waals surface area contributed by atoms with Gasteiger partial charge in [-0.05, 0) is 30.2 Å². The number of fused-ring (bicyclic) bond motifs is 1. The first kappa shape index (κ1) is 16.7. The highest BCUT2D eigenvalue weighted by Crippen LogP contribution is 2.23. The molecule has 6 heteroatoms. The van der Waals surface area contributed by atoms with Gasteiger partial charge in [0.05, 0.1) is 11.4 Å². The number of aromatic nitrogens is 4. The van der Waals surface area contributed by atoms with Crippen LogP contribution in [-0.4, -0.2) is 19.9 Å². The van der Waals surface area contributed by atoms with Gasteiger partial charge in [0.15, 0.2) is 0 Å². The van der Waals surface area contributed by atoms with Gasteiger partial charge in [0.1, 0.15) is 15.4 Å². The number of benzene rings is 1. The van der Waals surface area contributed by atoms with Crippen LogP contribution in [0.1, 0.15) is 34.6 Å². The minimum atomic E-state index is -0.694. The molecule has 0 atom stereocenters. The second-order valence-electron chi connectivity index (χ2n) is 6.05. The summed E-state index contributed by atoms with van der Waals surface area (Å²) >= 11 is 1.53. The fourth-order valence-electron chi connectivity index (χ4n) is 2.83. The van der Waals surface area contributed by atoms with Gasteiger partial charge in [-0.25, -0.2) is 19.9 Å². The van der Waals surface area contributed by atoms with E-state index in [0.717, 1.165) is 33.0 Å². The number of hydrogen-bond donors (Lipinski definition) is 0. The maximum Gasteiger partial charge on any atom is 0.309 e. The van der Waals surface area contributed by atoms with E-state index in [-0.39, 0.29) is 0 Å². The number of nitrogens with zero attached hydrogens (tertiary/aromatic N) is 4. The topological polar surface area (TPSA) is 51.6 Å². The van der Waals surface area contributed by atoms with E-state index in [2.05, 4.69) is 26.9 Å². The Kier molecular flexibility index (Phi) is 4.67. The Hall–Kier alpha value is -2.73. The van der Waals surface area contributed by atoms with Gasteiger partial charge in [-0.2, -0.15) is 4.39 Å². The quantitative estimate of drug-likeness (QED) is 0.494. The van der Waals surface area contributed by atoms with E-state index in [1.54, 1.807) is 0 Å². The molecule has 0 fully saturated rings. The molecule has 3 aromatic heterocycles. The fourth-order valence-corrected chi connectivity index (χ4v) is 3.80. The molecule has 1 aromatic carbocycles. The first-order valence-corrected chi connectivity index (χ1v) is 9.33. The minimum absolute atomic E-state index is 0.476. The van der Waals surface area contributed by atoms with E-state index < -0.39 is 6.08 Å². The average Bonchev–Trinajstić information content (AvgIpc) is 3.03. The third-order valence-corrected chi connectivity index (χ3v) is 5.05. The number of thiazole rings is 1. The molecule has 0 radical (unpaired) electrons. The highest BCUT2D eigenvalue weighted by Gasteiger charge is 2.10. The molecular formula is C20H17FN4S. The summed E-state index contributed by atoms with van der Waals surface area (Å²) in [4.78, 5) is 18.0. The standard InChI is InChI=1S/C20H17FN4S/c1-2-14-8-9-17-19(22-14)26-18(25-17)12-16-11-15(23-20(21)24-16)10-13-6-4-3-5-7-13/h3-9,11H,2,10,12H2,1H3. The van der Waals surface area contributed by atoms with E-state index in [1.165, 1.54) is 11.3 Å². The number of rotatable bonds is 5. The van der Waals surface area contributed by atoms with E-state index in [4.69, 9.17) is 0 Å². The lowest BCUT2D eigenvalue weighted by Gasteiger charge is -2.04. The molecule has 4 aromatic rings.